The zero-order chi connectivity index (χ0) is 10.0. The molecule has 3 aliphatic carbocycles. The van der Waals surface area contributed by atoms with Gasteiger partial charge in [-0.1, -0.05) is 17.2 Å². The summed E-state index contributed by atoms with van der Waals surface area (Å²) in [6.45, 7) is 3.94. The third kappa shape index (κ3) is 0.692. The van der Waals surface area contributed by atoms with Crippen LogP contribution in [0.1, 0.15) is 13.8 Å². The Labute approximate surface area is 82.7 Å². The quantitative estimate of drug-likeness (QED) is 0.540. The van der Waals surface area contributed by atoms with E-state index in [1.165, 1.54) is 0 Å². The first-order valence-electron chi connectivity index (χ1n) is 5.05. The second-order valence-electron chi connectivity index (χ2n) is 4.66. The van der Waals surface area contributed by atoms with Crippen molar-refractivity contribution in [2.24, 2.45) is 23.7 Å². The van der Waals surface area contributed by atoms with Crippen molar-refractivity contribution < 1.29 is 9.59 Å². The third-order valence-corrected chi connectivity index (χ3v) is 3.93. The van der Waals surface area contributed by atoms with E-state index < -0.39 is 0 Å². The Morgan fingerprint density at radius 1 is 1.07 bits per heavy atom. The maximum absolute atomic E-state index is 11.9. The van der Waals surface area contributed by atoms with Crippen molar-refractivity contribution in [3.05, 3.63) is 23.3 Å². The van der Waals surface area contributed by atoms with Crippen LogP contribution < -0.4 is 0 Å². The third-order valence-electron chi connectivity index (χ3n) is 3.93. The molecule has 72 valence electrons. The molecule has 0 aromatic carbocycles. The second kappa shape index (κ2) is 2.25. The zero-order valence-corrected chi connectivity index (χ0v) is 8.28. The van der Waals surface area contributed by atoms with Gasteiger partial charge < -0.3 is 0 Å². The van der Waals surface area contributed by atoms with Crippen LogP contribution >= 0.6 is 0 Å². The van der Waals surface area contributed by atoms with Gasteiger partial charge >= 0.3 is 0 Å². The molecule has 0 saturated heterocycles. The molecule has 0 aromatic rings. The van der Waals surface area contributed by atoms with Crippen molar-refractivity contribution in [3.8, 4) is 0 Å². The molecule has 0 spiro atoms. The van der Waals surface area contributed by atoms with Crippen molar-refractivity contribution in [2.45, 2.75) is 13.8 Å². The molecule has 14 heavy (non-hydrogen) atoms. The summed E-state index contributed by atoms with van der Waals surface area (Å²) in [5.41, 5.74) is 2.21. The van der Waals surface area contributed by atoms with Gasteiger partial charge in [-0.15, -0.1) is 0 Å². The summed E-state index contributed by atoms with van der Waals surface area (Å²) in [7, 11) is 0. The Balaban J connectivity index is 2.15. The summed E-state index contributed by atoms with van der Waals surface area (Å²) in [6.07, 6.45) is 3.79. The minimum absolute atomic E-state index is 0.00713. The summed E-state index contributed by atoms with van der Waals surface area (Å²) in [5.74, 6) is 0.513. The van der Waals surface area contributed by atoms with E-state index in [-0.39, 0.29) is 35.2 Å². The van der Waals surface area contributed by atoms with E-state index in [9.17, 15) is 9.59 Å². The number of carbonyl (C=O) groups excluding carboxylic acids is 2. The standard InChI is InChI=1S/C12H12O2/c1-5-3-7-9-6(2)4-8(13)11(9)10(5)12(7)14/h3-4,7,9-11H,1-2H3. The minimum atomic E-state index is -0.0915. The van der Waals surface area contributed by atoms with Crippen LogP contribution in [0.3, 0.4) is 0 Å². The molecule has 0 radical (unpaired) electrons. The molecule has 2 nitrogen and oxygen atoms in total. The van der Waals surface area contributed by atoms with Gasteiger partial charge in [-0.3, -0.25) is 9.59 Å². The molecular weight excluding hydrogens is 176 g/mol. The number of rotatable bonds is 0. The molecule has 1 fully saturated rings. The van der Waals surface area contributed by atoms with Gasteiger partial charge in [-0.05, 0) is 19.9 Å². The van der Waals surface area contributed by atoms with Crippen molar-refractivity contribution in [2.75, 3.05) is 0 Å². The van der Waals surface area contributed by atoms with E-state index in [1.807, 2.05) is 13.8 Å². The molecule has 3 rings (SSSR count). The van der Waals surface area contributed by atoms with E-state index >= 15 is 0 Å². The molecule has 2 bridgehead atoms. The predicted octanol–water partition coefficient (Wildman–Crippen LogP) is 1.52. The molecule has 0 aromatic heterocycles. The number of fused-ring (bicyclic) bond motifs is 5. The lowest BCUT2D eigenvalue weighted by Crippen LogP contribution is -2.23. The topological polar surface area (TPSA) is 34.1 Å². The number of ketones is 2. The Kier molecular flexibility index (Phi) is 1.31. The van der Waals surface area contributed by atoms with Crippen LogP contribution in [0.15, 0.2) is 23.3 Å². The SMILES string of the molecule is CC1=CC2C(=O)C1C1C(=O)C=C(C)C21. The van der Waals surface area contributed by atoms with E-state index in [2.05, 4.69) is 6.08 Å². The van der Waals surface area contributed by atoms with Crippen LogP contribution in [0.25, 0.3) is 0 Å². The van der Waals surface area contributed by atoms with Gasteiger partial charge in [0, 0.05) is 23.7 Å². The van der Waals surface area contributed by atoms with E-state index in [0.29, 0.717) is 0 Å². The highest BCUT2D eigenvalue weighted by Gasteiger charge is 2.58. The Hall–Kier alpha value is -1.18. The van der Waals surface area contributed by atoms with Gasteiger partial charge in [0.2, 0.25) is 0 Å². The summed E-state index contributed by atoms with van der Waals surface area (Å²) in [6, 6.07) is 0. The Bertz CT molecular complexity index is 414. The van der Waals surface area contributed by atoms with Crippen LogP contribution in [0.4, 0.5) is 0 Å². The largest absolute Gasteiger partial charge is 0.298 e. The average molecular weight is 188 g/mol. The van der Waals surface area contributed by atoms with Crippen LogP contribution in [-0.4, -0.2) is 11.6 Å². The predicted molar refractivity (Wildman–Crippen MR) is 51.5 cm³/mol. The highest BCUT2D eigenvalue weighted by Crippen LogP contribution is 2.54. The lowest BCUT2D eigenvalue weighted by molar-refractivity contribution is -0.124. The lowest BCUT2D eigenvalue weighted by atomic mass is 9.79. The molecule has 0 amide bonds. The van der Waals surface area contributed by atoms with Crippen molar-refractivity contribution in [3.63, 3.8) is 0 Å². The normalized spacial score (nSPS) is 44.1. The van der Waals surface area contributed by atoms with Gasteiger partial charge in [0.05, 0.1) is 0 Å². The summed E-state index contributed by atoms with van der Waals surface area (Å²) >= 11 is 0. The molecule has 0 heterocycles. The fourth-order valence-corrected chi connectivity index (χ4v) is 3.40. The highest BCUT2D eigenvalue weighted by atomic mass is 16.1. The number of hydrogen-bond acceptors (Lipinski definition) is 2. The molecule has 4 unspecified atom stereocenters. The summed E-state index contributed by atoms with van der Waals surface area (Å²) in [4.78, 5) is 23.5. The fraction of sp³-hybridized carbons (Fsp3) is 0.500. The molecule has 3 aliphatic rings. The van der Waals surface area contributed by atoms with Gasteiger partial charge in [0.15, 0.2) is 5.78 Å². The number of hydrogen-bond donors (Lipinski definition) is 0. The summed E-state index contributed by atoms with van der Waals surface area (Å²) < 4.78 is 0. The molecule has 1 saturated carbocycles. The molecule has 0 N–H and O–H groups in total. The zero-order valence-electron chi connectivity index (χ0n) is 8.28. The van der Waals surface area contributed by atoms with Crippen LogP contribution in [0.5, 0.6) is 0 Å². The maximum Gasteiger partial charge on any atom is 0.160 e. The van der Waals surface area contributed by atoms with Gasteiger partial charge in [-0.2, -0.15) is 0 Å². The van der Waals surface area contributed by atoms with Crippen LogP contribution in [0.2, 0.25) is 0 Å². The molecular formula is C12H12O2. The second-order valence-corrected chi connectivity index (χ2v) is 4.66. The minimum Gasteiger partial charge on any atom is -0.298 e. The molecule has 0 aliphatic heterocycles. The molecule has 2 heteroatoms. The number of allylic oxidation sites excluding steroid dienone is 4. The first-order chi connectivity index (χ1) is 6.61. The fourth-order valence-electron chi connectivity index (χ4n) is 3.40. The van der Waals surface area contributed by atoms with Crippen molar-refractivity contribution in [1.82, 2.24) is 0 Å². The van der Waals surface area contributed by atoms with E-state index in [4.69, 9.17) is 0 Å². The summed E-state index contributed by atoms with van der Waals surface area (Å²) in [5, 5.41) is 0. The average Bonchev–Trinajstić information content (AvgIpc) is 2.64. The smallest absolute Gasteiger partial charge is 0.160 e. The van der Waals surface area contributed by atoms with Gasteiger partial charge in [-0.25, -0.2) is 0 Å². The first-order valence-corrected chi connectivity index (χ1v) is 5.05. The van der Waals surface area contributed by atoms with Crippen molar-refractivity contribution >= 4 is 11.6 Å². The number of Topliss-reactive ketones (excluding diaryl/α,β-unsaturated/α-hetero) is 1. The van der Waals surface area contributed by atoms with Crippen molar-refractivity contribution in [1.29, 1.82) is 0 Å². The van der Waals surface area contributed by atoms with E-state index in [0.717, 1.165) is 11.1 Å². The lowest BCUT2D eigenvalue weighted by Gasteiger charge is -2.21. The molecule has 4 atom stereocenters. The highest BCUT2D eigenvalue weighted by molar-refractivity contribution is 6.06. The maximum atomic E-state index is 11.9. The Morgan fingerprint density at radius 3 is 2.50 bits per heavy atom. The van der Waals surface area contributed by atoms with Crippen LogP contribution in [-0.2, 0) is 9.59 Å². The van der Waals surface area contributed by atoms with E-state index in [1.54, 1.807) is 6.08 Å². The van der Waals surface area contributed by atoms with Gasteiger partial charge in [0.1, 0.15) is 5.78 Å². The number of carbonyl (C=O) groups is 2. The van der Waals surface area contributed by atoms with Crippen LogP contribution in [0, 0.1) is 23.7 Å². The first kappa shape index (κ1) is 8.16. The van der Waals surface area contributed by atoms with Gasteiger partial charge in [0.25, 0.3) is 0 Å². The monoisotopic (exact) mass is 188 g/mol. The Morgan fingerprint density at radius 2 is 1.79 bits per heavy atom.